The highest BCUT2D eigenvalue weighted by Crippen LogP contribution is 2.36. The Morgan fingerprint density at radius 3 is 2.43 bits per heavy atom. The van der Waals surface area contributed by atoms with Crippen LogP contribution in [0, 0.1) is 11.8 Å². The molecule has 114 valence electrons. The van der Waals surface area contributed by atoms with Crippen LogP contribution in [0.5, 0.6) is 0 Å². The van der Waals surface area contributed by atoms with Gasteiger partial charge in [0.2, 0.25) is 5.91 Å². The van der Waals surface area contributed by atoms with Crippen LogP contribution in [0.1, 0.15) is 56.6 Å². The molecule has 3 heteroatoms. The Bertz CT molecular complexity index is 467. The molecule has 0 bridgehead atoms. The smallest absolute Gasteiger partial charge is 0.223 e. The molecule has 2 saturated carbocycles. The van der Waals surface area contributed by atoms with E-state index in [9.17, 15) is 4.79 Å². The van der Waals surface area contributed by atoms with Gasteiger partial charge in [-0.15, -0.1) is 0 Å². The molecule has 0 aromatic heterocycles. The number of rotatable bonds is 4. The van der Waals surface area contributed by atoms with Gasteiger partial charge in [-0.2, -0.15) is 0 Å². The van der Waals surface area contributed by atoms with E-state index >= 15 is 0 Å². The van der Waals surface area contributed by atoms with Crippen molar-refractivity contribution >= 4 is 5.91 Å². The monoisotopic (exact) mass is 286 g/mol. The highest BCUT2D eigenvalue weighted by molar-refractivity contribution is 5.79. The normalized spacial score (nSPS) is 27.7. The molecule has 3 atom stereocenters. The first-order valence-electron chi connectivity index (χ1n) is 8.35. The highest BCUT2D eigenvalue weighted by Gasteiger charge is 2.32. The lowest BCUT2D eigenvalue weighted by Gasteiger charge is -2.26. The fourth-order valence-electron chi connectivity index (χ4n) is 3.95. The van der Waals surface area contributed by atoms with Crippen LogP contribution in [0.25, 0.3) is 0 Å². The molecule has 0 spiro atoms. The van der Waals surface area contributed by atoms with Crippen LogP contribution in [-0.4, -0.2) is 11.9 Å². The molecule has 1 aromatic carbocycles. The van der Waals surface area contributed by atoms with Gasteiger partial charge in [-0.05, 0) is 43.6 Å². The summed E-state index contributed by atoms with van der Waals surface area (Å²) >= 11 is 0. The van der Waals surface area contributed by atoms with Crippen molar-refractivity contribution in [1.82, 2.24) is 5.32 Å². The van der Waals surface area contributed by atoms with E-state index in [-0.39, 0.29) is 23.9 Å². The van der Waals surface area contributed by atoms with E-state index in [1.54, 1.807) is 0 Å². The molecule has 2 aliphatic rings. The van der Waals surface area contributed by atoms with Crippen molar-refractivity contribution in [3.8, 4) is 0 Å². The molecule has 0 radical (unpaired) electrons. The first-order valence-corrected chi connectivity index (χ1v) is 8.35. The van der Waals surface area contributed by atoms with E-state index in [2.05, 4.69) is 29.6 Å². The minimum atomic E-state index is 0.118. The maximum atomic E-state index is 12.6. The van der Waals surface area contributed by atoms with E-state index in [1.165, 1.54) is 31.2 Å². The molecule has 0 heterocycles. The molecular weight excluding hydrogens is 260 g/mol. The largest absolute Gasteiger partial charge is 0.349 e. The van der Waals surface area contributed by atoms with Crippen molar-refractivity contribution in [2.75, 3.05) is 0 Å². The minimum absolute atomic E-state index is 0.118. The zero-order valence-corrected chi connectivity index (χ0v) is 12.6. The van der Waals surface area contributed by atoms with Gasteiger partial charge in [0, 0.05) is 12.0 Å². The third-order valence-electron chi connectivity index (χ3n) is 5.17. The van der Waals surface area contributed by atoms with E-state index in [0.29, 0.717) is 5.92 Å². The van der Waals surface area contributed by atoms with Crippen LogP contribution in [0.2, 0.25) is 0 Å². The van der Waals surface area contributed by atoms with Crippen LogP contribution in [-0.2, 0) is 4.79 Å². The number of nitrogens with two attached hydrogens (primary N) is 1. The Labute approximate surface area is 127 Å². The van der Waals surface area contributed by atoms with Gasteiger partial charge in [0.05, 0.1) is 6.04 Å². The summed E-state index contributed by atoms with van der Waals surface area (Å²) in [6.45, 7) is 0. The summed E-state index contributed by atoms with van der Waals surface area (Å²) in [5.41, 5.74) is 7.20. The predicted molar refractivity (Wildman–Crippen MR) is 84.6 cm³/mol. The molecule has 2 aliphatic carbocycles. The lowest BCUT2D eigenvalue weighted by molar-refractivity contribution is -0.126. The maximum Gasteiger partial charge on any atom is 0.223 e. The van der Waals surface area contributed by atoms with Crippen molar-refractivity contribution in [1.29, 1.82) is 0 Å². The summed E-state index contributed by atoms with van der Waals surface area (Å²) in [5, 5.41) is 3.34. The first kappa shape index (κ1) is 14.6. The fourth-order valence-corrected chi connectivity index (χ4v) is 3.95. The molecule has 3 unspecified atom stereocenters. The standard InChI is InChI=1S/C18H26N2O/c19-16-11-10-15(12-16)18(21)20-17(14-8-4-5-9-14)13-6-2-1-3-7-13/h1-3,6-7,14-17H,4-5,8-12,19H2,(H,20,21). The Morgan fingerprint density at radius 1 is 1.10 bits per heavy atom. The number of nitrogens with one attached hydrogen (secondary N) is 1. The van der Waals surface area contributed by atoms with Gasteiger partial charge in [-0.3, -0.25) is 4.79 Å². The minimum Gasteiger partial charge on any atom is -0.349 e. The van der Waals surface area contributed by atoms with Crippen LogP contribution >= 0.6 is 0 Å². The summed E-state index contributed by atoms with van der Waals surface area (Å²) in [7, 11) is 0. The number of amides is 1. The van der Waals surface area contributed by atoms with Crippen LogP contribution in [0.4, 0.5) is 0 Å². The lowest BCUT2D eigenvalue weighted by atomic mass is 9.91. The number of hydrogen-bond donors (Lipinski definition) is 2. The quantitative estimate of drug-likeness (QED) is 0.893. The van der Waals surface area contributed by atoms with E-state index in [4.69, 9.17) is 5.73 Å². The van der Waals surface area contributed by atoms with Crippen LogP contribution < -0.4 is 11.1 Å². The van der Waals surface area contributed by atoms with E-state index in [1.807, 2.05) is 6.07 Å². The molecular formula is C18H26N2O. The average molecular weight is 286 g/mol. The lowest BCUT2D eigenvalue weighted by Crippen LogP contribution is -2.36. The molecule has 3 nitrogen and oxygen atoms in total. The molecule has 1 amide bonds. The summed E-state index contributed by atoms with van der Waals surface area (Å²) in [5.74, 6) is 0.919. The van der Waals surface area contributed by atoms with Crippen molar-refractivity contribution in [3.63, 3.8) is 0 Å². The first-order chi connectivity index (χ1) is 10.2. The summed E-state index contributed by atoms with van der Waals surface area (Å²) in [6, 6.07) is 10.8. The Balaban J connectivity index is 1.71. The van der Waals surface area contributed by atoms with Gasteiger partial charge < -0.3 is 11.1 Å². The summed E-state index contributed by atoms with van der Waals surface area (Å²) < 4.78 is 0. The average Bonchev–Trinajstić information content (AvgIpc) is 3.17. The van der Waals surface area contributed by atoms with E-state index < -0.39 is 0 Å². The van der Waals surface area contributed by atoms with Gasteiger partial charge in [0.15, 0.2) is 0 Å². The summed E-state index contributed by atoms with van der Waals surface area (Å²) in [6.07, 6.45) is 7.80. The molecule has 0 aliphatic heterocycles. The Morgan fingerprint density at radius 2 is 1.81 bits per heavy atom. The number of carbonyl (C=O) groups is 1. The molecule has 1 aromatic rings. The third-order valence-corrected chi connectivity index (χ3v) is 5.17. The van der Waals surface area contributed by atoms with Crippen molar-refractivity contribution in [2.24, 2.45) is 17.6 Å². The zero-order chi connectivity index (χ0) is 14.7. The third kappa shape index (κ3) is 3.46. The van der Waals surface area contributed by atoms with Crippen molar-refractivity contribution in [3.05, 3.63) is 35.9 Å². The molecule has 3 N–H and O–H groups in total. The number of hydrogen-bond acceptors (Lipinski definition) is 2. The highest BCUT2D eigenvalue weighted by atomic mass is 16.1. The van der Waals surface area contributed by atoms with Gasteiger partial charge in [0.1, 0.15) is 0 Å². The van der Waals surface area contributed by atoms with Crippen LogP contribution in [0.15, 0.2) is 30.3 Å². The second kappa shape index (κ2) is 6.61. The van der Waals surface area contributed by atoms with Crippen molar-refractivity contribution < 1.29 is 4.79 Å². The molecule has 3 rings (SSSR count). The van der Waals surface area contributed by atoms with Crippen LogP contribution in [0.3, 0.4) is 0 Å². The maximum absolute atomic E-state index is 12.6. The Kier molecular flexibility index (Phi) is 4.59. The number of benzene rings is 1. The molecule has 0 saturated heterocycles. The number of carbonyl (C=O) groups excluding carboxylic acids is 1. The molecule has 21 heavy (non-hydrogen) atoms. The van der Waals surface area contributed by atoms with Gasteiger partial charge in [-0.25, -0.2) is 0 Å². The van der Waals surface area contributed by atoms with Gasteiger partial charge >= 0.3 is 0 Å². The zero-order valence-electron chi connectivity index (χ0n) is 12.6. The topological polar surface area (TPSA) is 55.1 Å². The second-order valence-corrected chi connectivity index (χ2v) is 6.71. The fraction of sp³-hybridized carbons (Fsp3) is 0.611. The van der Waals surface area contributed by atoms with E-state index in [0.717, 1.165) is 19.3 Å². The predicted octanol–water partition coefficient (Wildman–Crippen LogP) is 3.16. The van der Waals surface area contributed by atoms with Crippen molar-refractivity contribution in [2.45, 2.75) is 57.0 Å². The Hall–Kier alpha value is -1.35. The SMILES string of the molecule is NC1CCC(C(=O)NC(c2ccccc2)C2CCCC2)C1. The molecule has 2 fully saturated rings. The second-order valence-electron chi connectivity index (χ2n) is 6.71. The van der Waals surface area contributed by atoms with Gasteiger partial charge in [-0.1, -0.05) is 43.2 Å². The van der Waals surface area contributed by atoms with Gasteiger partial charge in [0.25, 0.3) is 0 Å². The summed E-state index contributed by atoms with van der Waals surface area (Å²) in [4.78, 5) is 12.6.